The lowest BCUT2D eigenvalue weighted by Gasteiger charge is -2.25. The zero-order chi connectivity index (χ0) is 12.5. The molecule has 1 atom stereocenters. The van der Waals surface area contributed by atoms with Crippen molar-refractivity contribution < 1.29 is 9.90 Å². The van der Waals surface area contributed by atoms with E-state index in [1.54, 1.807) is 23.9 Å². The molecule has 0 fully saturated rings. The molecule has 1 N–H and O–H groups in total. The van der Waals surface area contributed by atoms with Gasteiger partial charge in [-0.2, -0.15) is 0 Å². The summed E-state index contributed by atoms with van der Waals surface area (Å²) in [6.45, 7) is 0. The third kappa shape index (κ3) is 2.10. The molecule has 0 unspecified atom stereocenters. The fourth-order valence-electron chi connectivity index (χ4n) is 2.37. The number of Topliss-reactive ketones (excluding diaryl/α,β-unsaturated/α-hetero) is 1. The quantitative estimate of drug-likeness (QED) is 0.834. The van der Waals surface area contributed by atoms with Gasteiger partial charge in [0.05, 0.1) is 0 Å². The summed E-state index contributed by atoms with van der Waals surface area (Å²) < 4.78 is 0. The molecule has 0 aromatic heterocycles. The van der Waals surface area contributed by atoms with Gasteiger partial charge in [0, 0.05) is 22.1 Å². The van der Waals surface area contributed by atoms with Gasteiger partial charge in [0.15, 0.2) is 5.78 Å². The van der Waals surface area contributed by atoms with Crippen LogP contribution in [0.4, 0.5) is 0 Å². The first-order valence-corrected chi connectivity index (χ1v) is 7.01. The Morgan fingerprint density at radius 1 is 1.28 bits per heavy atom. The van der Waals surface area contributed by atoms with Crippen LogP contribution in [-0.2, 0) is 0 Å². The van der Waals surface area contributed by atoms with Crippen LogP contribution < -0.4 is 0 Å². The minimum atomic E-state index is 0.129. The van der Waals surface area contributed by atoms with E-state index in [2.05, 4.69) is 18.2 Å². The summed E-state index contributed by atoms with van der Waals surface area (Å²) in [7, 11) is 0. The fourth-order valence-corrected chi connectivity index (χ4v) is 3.67. The molecule has 1 aromatic carbocycles. The molecule has 0 spiro atoms. The van der Waals surface area contributed by atoms with Gasteiger partial charge in [-0.05, 0) is 36.6 Å². The highest BCUT2D eigenvalue weighted by molar-refractivity contribution is 8.00. The van der Waals surface area contributed by atoms with E-state index < -0.39 is 0 Å². The van der Waals surface area contributed by atoms with Crippen molar-refractivity contribution in [2.24, 2.45) is 0 Å². The van der Waals surface area contributed by atoms with Crippen LogP contribution in [0.25, 0.3) is 0 Å². The van der Waals surface area contributed by atoms with Gasteiger partial charge in [-0.3, -0.25) is 4.79 Å². The Morgan fingerprint density at radius 2 is 2.17 bits per heavy atom. The van der Waals surface area contributed by atoms with Crippen molar-refractivity contribution in [3.8, 4) is 5.75 Å². The molecule has 1 aliphatic carbocycles. The highest BCUT2D eigenvalue weighted by Crippen LogP contribution is 2.40. The smallest absolute Gasteiger partial charge is 0.165 e. The van der Waals surface area contributed by atoms with Crippen LogP contribution in [0.1, 0.15) is 29.6 Å². The van der Waals surface area contributed by atoms with Gasteiger partial charge in [0.25, 0.3) is 0 Å². The fraction of sp³-hybridized carbons (Fsp3) is 0.267. The number of phenols is 1. The van der Waals surface area contributed by atoms with Crippen molar-refractivity contribution in [2.75, 3.05) is 0 Å². The second-order valence-corrected chi connectivity index (χ2v) is 5.84. The second-order valence-electron chi connectivity index (χ2n) is 4.60. The number of hydrogen-bond donors (Lipinski definition) is 1. The number of thioether (sulfide) groups is 1. The number of fused-ring (bicyclic) bond motifs is 1. The van der Waals surface area contributed by atoms with Gasteiger partial charge in [-0.15, -0.1) is 11.8 Å². The van der Waals surface area contributed by atoms with E-state index >= 15 is 0 Å². The van der Waals surface area contributed by atoms with Gasteiger partial charge >= 0.3 is 0 Å². The molecular weight excluding hydrogens is 244 g/mol. The normalized spacial score (nSPS) is 22.6. The molecule has 18 heavy (non-hydrogen) atoms. The molecule has 1 aromatic rings. The van der Waals surface area contributed by atoms with Crippen LogP contribution in [0.3, 0.4) is 0 Å². The molecular formula is C15H14O2S. The Kier molecular flexibility index (Phi) is 3.00. The molecule has 2 aliphatic rings. The molecule has 0 bridgehead atoms. The lowest BCUT2D eigenvalue weighted by Crippen LogP contribution is -2.19. The summed E-state index contributed by atoms with van der Waals surface area (Å²) in [6.07, 6.45) is 9.24. The largest absolute Gasteiger partial charge is 0.508 e. The topological polar surface area (TPSA) is 37.3 Å². The van der Waals surface area contributed by atoms with Gasteiger partial charge in [-0.25, -0.2) is 0 Å². The molecule has 3 heteroatoms. The lowest BCUT2D eigenvalue weighted by atomic mass is 9.97. The Bertz CT molecular complexity index is 558. The van der Waals surface area contributed by atoms with E-state index in [1.807, 2.05) is 6.07 Å². The number of ketones is 1. The Hall–Kier alpha value is -1.48. The maximum Gasteiger partial charge on any atom is 0.165 e. The summed E-state index contributed by atoms with van der Waals surface area (Å²) in [5.74, 6) is 0.294. The SMILES string of the molecule is O=C1C[C@@H](C2=CCCC=C2)Sc2ccc(O)cc21. The van der Waals surface area contributed by atoms with E-state index in [0.717, 1.165) is 17.7 Å². The highest BCUT2D eigenvalue weighted by Gasteiger charge is 2.27. The number of rotatable bonds is 1. The van der Waals surface area contributed by atoms with E-state index in [-0.39, 0.29) is 16.8 Å². The maximum atomic E-state index is 12.1. The van der Waals surface area contributed by atoms with E-state index in [1.165, 1.54) is 5.57 Å². The number of hydrogen-bond acceptors (Lipinski definition) is 3. The van der Waals surface area contributed by atoms with Crippen LogP contribution in [0.2, 0.25) is 0 Å². The predicted molar refractivity (Wildman–Crippen MR) is 73.2 cm³/mol. The molecule has 1 heterocycles. The minimum Gasteiger partial charge on any atom is -0.508 e. The monoisotopic (exact) mass is 258 g/mol. The van der Waals surface area contributed by atoms with Crippen molar-refractivity contribution in [1.82, 2.24) is 0 Å². The first-order chi connectivity index (χ1) is 8.74. The van der Waals surface area contributed by atoms with Gasteiger partial charge in [0.2, 0.25) is 0 Å². The molecule has 0 saturated heterocycles. The van der Waals surface area contributed by atoms with Crippen molar-refractivity contribution in [2.45, 2.75) is 29.4 Å². The second kappa shape index (κ2) is 4.65. The average molecular weight is 258 g/mol. The summed E-state index contributed by atoms with van der Waals surface area (Å²) in [5, 5.41) is 9.66. The Labute approximate surface area is 110 Å². The van der Waals surface area contributed by atoms with E-state index in [9.17, 15) is 9.90 Å². The molecule has 92 valence electrons. The number of benzene rings is 1. The zero-order valence-electron chi connectivity index (χ0n) is 9.93. The number of allylic oxidation sites excluding steroid dienone is 3. The summed E-state index contributed by atoms with van der Waals surface area (Å²) in [4.78, 5) is 13.1. The van der Waals surface area contributed by atoms with Crippen molar-refractivity contribution in [3.63, 3.8) is 0 Å². The highest BCUT2D eigenvalue weighted by atomic mass is 32.2. The molecule has 0 amide bonds. The van der Waals surface area contributed by atoms with Gasteiger partial charge in [-0.1, -0.05) is 18.2 Å². The molecule has 3 rings (SSSR count). The van der Waals surface area contributed by atoms with E-state index in [4.69, 9.17) is 0 Å². The Morgan fingerprint density at radius 3 is 2.94 bits per heavy atom. The van der Waals surface area contributed by atoms with Crippen LogP contribution in [0.15, 0.2) is 46.9 Å². The van der Waals surface area contributed by atoms with Crippen LogP contribution in [-0.4, -0.2) is 16.1 Å². The minimum absolute atomic E-state index is 0.129. The van der Waals surface area contributed by atoms with E-state index in [0.29, 0.717) is 12.0 Å². The van der Waals surface area contributed by atoms with Gasteiger partial charge in [0.1, 0.15) is 5.75 Å². The van der Waals surface area contributed by atoms with Gasteiger partial charge < -0.3 is 5.11 Å². The summed E-state index contributed by atoms with van der Waals surface area (Å²) in [6, 6.07) is 5.06. The number of aromatic hydroxyl groups is 1. The number of carbonyl (C=O) groups excluding carboxylic acids is 1. The van der Waals surface area contributed by atoms with Crippen molar-refractivity contribution in [3.05, 3.63) is 47.6 Å². The average Bonchev–Trinajstić information content (AvgIpc) is 2.40. The third-order valence-corrected chi connectivity index (χ3v) is 4.63. The summed E-state index contributed by atoms with van der Waals surface area (Å²) >= 11 is 1.72. The van der Waals surface area contributed by atoms with Crippen molar-refractivity contribution >= 4 is 17.5 Å². The maximum absolute atomic E-state index is 12.1. The zero-order valence-corrected chi connectivity index (χ0v) is 10.7. The standard InChI is InChI=1S/C15H14O2S/c16-11-6-7-14-12(8-11)13(17)9-15(18-14)10-4-2-1-3-5-10/h2,4-8,15-16H,1,3,9H2/t15-/m0/s1. The molecule has 0 radical (unpaired) electrons. The molecule has 2 nitrogen and oxygen atoms in total. The van der Waals surface area contributed by atoms with Crippen LogP contribution in [0, 0.1) is 0 Å². The lowest BCUT2D eigenvalue weighted by molar-refractivity contribution is 0.0979. The summed E-state index contributed by atoms with van der Waals surface area (Å²) in [5.41, 5.74) is 1.93. The first-order valence-electron chi connectivity index (χ1n) is 6.13. The van der Waals surface area contributed by atoms with Crippen molar-refractivity contribution in [1.29, 1.82) is 0 Å². The third-order valence-electron chi connectivity index (χ3n) is 3.30. The Balaban J connectivity index is 1.92. The first kappa shape index (κ1) is 11.6. The van der Waals surface area contributed by atoms with Crippen LogP contribution in [0.5, 0.6) is 5.75 Å². The molecule has 1 aliphatic heterocycles. The predicted octanol–water partition coefficient (Wildman–Crippen LogP) is 3.72. The number of carbonyl (C=O) groups is 1. The van der Waals surface area contributed by atoms with Crippen LogP contribution >= 0.6 is 11.8 Å². The number of phenolic OH excluding ortho intramolecular Hbond substituents is 1. The molecule has 0 saturated carbocycles.